The van der Waals surface area contributed by atoms with Crippen LogP contribution in [0.3, 0.4) is 0 Å². The molecule has 0 amide bonds. The van der Waals surface area contributed by atoms with E-state index in [1.54, 1.807) is 0 Å². The Morgan fingerprint density at radius 1 is 1.24 bits per heavy atom. The quantitative estimate of drug-likeness (QED) is 0.744. The van der Waals surface area contributed by atoms with E-state index in [2.05, 4.69) is 20.8 Å². The first-order valence-electron chi connectivity index (χ1n) is 8.41. The molecule has 0 aromatic carbocycles. The lowest BCUT2D eigenvalue weighted by Crippen LogP contribution is -2.65. The highest BCUT2D eigenvalue weighted by Gasteiger charge is 2.67. The highest BCUT2D eigenvalue weighted by Crippen LogP contribution is 2.65. The molecule has 4 fully saturated rings. The molecule has 4 aliphatic rings. The zero-order valence-corrected chi connectivity index (χ0v) is 14.4. The van der Waals surface area contributed by atoms with Crippen LogP contribution in [0.15, 0.2) is 0 Å². The van der Waals surface area contributed by atoms with E-state index in [1.165, 1.54) is 6.42 Å². The maximum Gasteiger partial charge on any atom is 0.458 e. The van der Waals surface area contributed by atoms with Gasteiger partial charge in [0.05, 0.1) is 11.7 Å². The summed E-state index contributed by atoms with van der Waals surface area (Å²) in [6, 6.07) is 0. The van der Waals surface area contributed by atoms with E-state index in [0.717, 1.165) is 12.3 Å². The zero-order chi connectivity index (χ0) is 15.6. The molecule has 4 heteroatoms. The van der Waals surface area contributed by atoms with Crippen molar-refractivity contribution in [2.45, 2.75) is 78.8 Å². The van der Waals surface area contributed by atoms with E-state index in [4.69, 9.17) is 9.31 Å². The van der Waals surface area contributed by atoms with Crippen molar-refractivity contribution in [2.75, 3.05) is 0 Å². The van der Waals surface area contributed by atoms with Crippen molar-refractivity contribution in [3.63, 3.8) is 0 Å². The second-order valence-corrected chi connectivity index (χ2v) is 9.11. The number of rotatable bonds is 3. The van der Waals surface area contributed by atoms with Crippen LogP contribution in [0.25, 0.3) is 0 Å². The van der Waals surface area contributed by atoms with Crippen molar-refractivity contribution in [3.8, 4) is 0 Å². The monoisotopic (exact) mass is 292 g/mol. The van der Waals surface area contributed by atoms with Crippen LogP contribution in [0, 0.1) is 22.7 Å². The van der Waals surface area contributed by atoms with Crippen molar-refractivity contribution in [2.24, 2.45) is 22.7 Å². The van der Waals surface area contributed by atoms with Crippen LogP contribution >= 0.6 is 0 Å². The second-order valence-electron chi connectivity index (χ2n) is 9.11. The Kier molecular flexibility index (Phi) is 3.39. The molecular weight excluding hydrogens is 263 g/mol. The summed E-state index contributed by atoms with van der Waals surface area (Å²) in [6.45, 7) is 12.9. The third kappa shape index (κ3) is 2.30. The molecule has 1 saturated heterocycles. The molecule has 0 aromatic rings. The number of hydrogen-bond donors (Lipinski definition) is 0. The number of carbonyl (C=O) groups is 1. The minimum Gasteiger partial charge on any atom is -0.405 e. The molecule has 2 bridgehead atoms. The Morgan fingerprint density at radius 3 is 2.48 bits per heavy atom. The van der Waals surface area contributed by atoms with Gasteiger partial charge in [0, 0.05) is 11.8 Å². The minimum absolute atomic E-state index is 0.145. The van der Waals surface area contributed by atoms with Crippen molar-refractivity contribution < 1.29 is 14.1 Å². The highest BCUT2D eigenvalue weighted by atomic mass is 16.7. The van der Waals surface area contributed by atoms with Crippen LogP contribution in [-0.4, -0.2) is 24.6 Å². The molecule has 1 heterocycles. The fourth-order valence-corrected chi connectivity index (χ4v) is 4.70. The molecular formula is C17H29BO3. The first-order valence-corrected chi connectivity index (χ1v) is 8.41. The van der Waals surface area contributed by atoms with Gasteiger partial charge in [0.15, 0.2) is 0 Å². The predicted octanol–water partition coefficient (Wildman–Crippen LogP) is 3.72. The van der Waals surface area contributed by atoms with E-state index in [-0.39, 0.29) is 24.2 Å². The van der Waals surface area contributed by atoms with Gasteiger partial charge in [-0.3, -0.25) is 4.79 Å². The summed E-state index contributed by atoms with van der Waals surface area (Å²) >= 11 is 0. The Balaban J connectivity index is 1.62. The van der Waals surface area contributed by atoms with Gasteiger partial charge < -0.3 is 9.31 Å². The van der Waals surface area contributed by atoms with Crippen molar-refractivity contribution in [3.05, 3.63) is 0 Å². The van der Waals surface area contributed by atoms with Crippen molar-refractivity contribution in [1.82, 2.24) is 0 Å². The molecule has 0 unspecified atom stereocenters. The molecule has 4 atom stereocenters. The molecule has 3 aliphatic carbocycles. The average molecular weight is 292 g/mol. The maximum atomic E-state index is 12.1. The van der Waals surface area contributed by atoms with Gasteiger partial charge >= 0.3 is 7.12 Å². The Hall–Kier alpha value is -0.345. The molecule has 4 rings (SSSR count). The summed E-state index contributed by atoms with van der Waals surface area (Å²) < 4.78 is 12.5. The third-order valence-corrected chi connectivity index (χ3v) is 6.45. The van der Waals surface area contributed by atoms with Crippen molar-refractivity contribution >= 4 is 12.9 Å². The second kappa shape index (κ2) is 4.58. The fraction of sp³-hybridized carbons (Fsp3) is 0.941. The van der Waals surface area contributed by atoms with Crippen LogP contribution in [0.2, 0.25) is 6.32 Å². The van der Waals surface area contributed by atoms with Crippen LogP contribution in [0.5, 0.6) is 0 Å². The standard InChI is InChI=1S/C17H29BO3/c1-15(2,3)13(19)7-8-18-20-14-10-11-9-12(16(11,4)5)17(14,6)21-18/h11-12,14H,7-10H2,1-6H3/t11-,12-,14+,17-/m0/s1. The topological polar surface area (TPSA) is 35.5 Å². The van der Waals surface area contributed by atoms with Gasteiger partial charge in [0.2, 0.25) is 0 Å². The highest BCUT2D eigenvalue weighted by molar-refractivity contribution is 6.45. The zero-order valence-electron chi connectivity index (χ0n) is 14.4. The average Bonchev–Trinajstić information content (AvgIpc) is 2.70. The first kappa shape index (κ1) is 15.5. The first-order chi connectivity index (χ1) is 9.55. The number of Topliss-reactive ketones (excluding diaryl/α,β-unsaturated/α-hetero) is 1. The summed E-state index contributed by atoms with van der Waals surface area (Å²) in [4.78, 5) is 12.1. The molecule has 0 aromatic heterocycles. The Morgan fingerprint density at radius 2 is 1.90 bits per heavy atom. The minimum atomic E-state index is -0.265. The maximum absolute atomic E-state index is 12.1. The van der Waals surface area contributed by atoms with Crippen molar-refractivity contribution in [1.29, 1.82) is 0 Å². The summed E-state index contributed by atoms with van der Waals surface area (Å²) in [6.07, 6.45) is 3.86. The molecule has 0 N–H and O–H groups in total. The van der Waals surface area contributed by atoms with Gasteiger partial charge in [-0.05, 0) is 43.3 Å². The molecule has 21 heavy (non-hydrogen) atoms. The summed E-state index contributed by atoms with van der Waals surface area (Å²) in [5.74, 6) is 1.66. The van der Waals surface area contributed by atoms with Gasteiger partial charge in [0.25, 0.3) is 0 Å². The number of hydrogen-bond acceptors (Lipinski definition) is 3. The Bertz CT molecular complexity index is 453. The SMILES string of the molecule is CC(C)(C)C(=O)CCB1O[C@@H]2C[C@@H]3C[C@@H](C3(C)C)[C@]2(C)O1. The number of ketones is 1. The molecule has 0 radical (unpaired) electrons. The lowest BCUT2D eigenvalue weighted by molar-refractivity contribution is -0.199. The van der Waals surface area contributed by atoms with Crippen LogP contribution in [-0.2, 0) is 14.1 Å². The summed E-state index contributed by atoms with van der Waals surface area (Å²) in [7, 11) is -0.193. The predicted molar refractivity (Wildman–Crippen MR) is 84.0 cm³/mol. The lowest BCUT2D eigenvalue weighted by Gasteiger charge is -2.64. The number of carbonyl (C=O) groups excluding carboxylic acids is 1. The molecule has 3 nitrogen and oxygen atoms in total. The summed E-state index contributed by atoms with van der Waals surface area (Å²) in [5.41, 5.74) is -0.0305. The van der Waals surface area contributed by atoms with Crippen LogP contribution in [0.4, 0.5) is 0 Å². The van der Waals surface area contributed by atoms with E-state index in [1.807, 2.05) is 20.8 Å². The molecule has 3 saturated carbocycles. The van der Waals surface area contributed by atoms with Crippen LogP contribution < -0.4 is 0 Å². The lowest BCUT2D eigenvalue weighted by atomic mass is 9.43. The van der Waals surface area contributed by atoms with E-state index >= 15 is 0 Å². The smallest absolute Gasteiger partial charge is 0.405 e. The summed E-state index contributed by atoms with van der Waals surface area (Å²) in [5, 5.41) is 0. The Labute approximate surface area is 129 Å². The molecule has 118 valence electrons. The molecule has 1 aliphatic heterocycles. The van der Waals surface area contributed by atoms with Crippen LogP contribution in [0.1, 0.15) is 60.8 Å². The van der Waals surface area contributed by atoms with Gasteiger partial charge in [-0.15, -0.1) is 0 Å². The molecule has 0 spiro atoms. The van der Waals surface area contributed by atoms with E-state index < -0.39 is 0 Å². The van der Waals surface area contributed by atoms with E-state index in [0.29, 0.717) is 29.9 Å². The van der Waals surface area contributed by atoms with E-state index in [9.17, 15) is 4.79 Å². The largest absolute Gasteiger partial charge is 0.458 e. The van der Waals surface area contributed by atoms with Gasteiger partial charge in [-0.25, -0.2) is 0 Å². The normalized spacial score (nSPS) is 40.7. The fourth-order valence-electron chi connectivity index (χ4n) is 4.70. The van der Waals surface area contributed by atoms with Gasteiger partial charge in [-0.2, -0.15) is 0 Å². The van der Waals surface area contributed by atoms with Gasteiger partial charge in [0.1, 0.15) is 5.78 Å². The third-order valence-electron chi connectivity index (χ3n) is 6.45. The van der Waals surface area contributed by atoms with Gasteiger partial charge in [-0.1, -0.05) is 34.6 Å².